The first-order chi connectivity index (χ1) is 9.28. The zero-order valence-electron chi connectivity index (χ0n) is 10.9. The summed E-state index contributed by atoms with van der Waals surface area (Å²) in [4.78, 5) is 4.41. The van der Waals surface area contributed by atoms with Crippen molar-refractivity contribution >= 4 is 28.2 Å². The third kappa shape index (κ3) is 2.76. The molecular weight excluding hydrogens is 260 g/mol. The van der Waals surface area contributed by atoms with Crippen molar-refractivity contribution in [1.82, 2.24) is 4.98 Å². The number of hydrogen-bond acceptors (Lipinski definition) is 3. The molecular formula is C15H17ClN2O. The highest BCUT2D eigenvalue weighted by Crippen LogP contribution is 2.36. The van der Waals surface area contributed by atoms with Gasteiger partial charge in [-0.05, 0) is 42.3 Å². The number of alkyl halides is 1. The number of ether oxygens (including phenoxy) is 1. The lowest BCUT2D eigenvalue weighted by Crippen LogP contribution is -2.16. The molecule has 1 aromatic carbocycles. The Labute approximate surface area is 117 Å². The number of rotatable bonds is 5. The molecule has 1 aliphatic carbocycles. The van der Waals surface area contributed by atoms with Gasteiger partial charge in [0.15, 0.2) is 0 Å². The second-order valence-electron chi connectivity index (χ2n) is 4.98. The first kappa shape index (κ1) is 12.5. The molecule has 0 aliphatic heterocycles. The van der Waals surface area contributed by atoms with Gasteiger partial charge in [0.2, 0.25) is 0 Å². The van der Waals surface area contributed by atoms with Crippen LogP contribution in [0.1, 0.15) is 12.8 Å². The maximum absolute atomic E-state index is 6.32. The second-order valence-corrected chi connectivity index (χ2v) is 5.54. The third-order valence-corrected chi connectivity index (χ3v) is 4.08. The Hall–Kier alpha value is -1.48. The zero-order chi connectivity index (χ0) is 13.2. The van der Waals surface area contributed by atoms with Crippen molar-refractivity contribution in [3.63, 3.8) is 0 Å². The average Bonchev–Trinajstić information content (AvgIpc) is 3.28. The van der Waals surface area contributed by atoms with Gasteiger partial charge in [-0.3, -0.25) is 0 Å². The van der Waals surface area contributed by atoms with Crippen LogP contribution in [0.5, 0.6) is 5.75 Å². The van der Waals surface area contributed by atoms with E-state index in [9.17, 15) is 0 Å². The molecule has 0 bridgehead atoms. The number of fused-ring (bicyclic) bond motifs is 1. The van der Waals surface area contributed by atoms with E-state index in [0.29, 0.717) is 5.92 Å². The van der Waals surface area contributed by atoms with E-state index in [1.165, 1.54) is 12.8 Å². The highest BCUT2D eigenvalue weighted by Gasteiger charge is 2.29. The van der Waals surface area contributed by atoms with E-state index < -0.39 is 0 Å². The molecule has 0 radical (unpaired) electrons. The number of aromatic nitrogens is 1. The summed E-state index contributed by atoms with van der Waals surface area (Å²) >= 11 is 6.32. The molecule has 1 aliphatic rings. The number of benzene rings is 1. The Morgan fingerprint density at radius 3 is 3.00 bits per heavy atom. The van der Waals surface area contributed by atoms with Crippen LogP contribution in [0.4, 0.5) is 5.82 Å². The minimum atomic E-state index is 0.197. The van der Waals surface area contributed by atoms with E-state index >= 15 is 0 Å². The highest BCUT2D eigenvalue weighted by atomic mass is 35.5. The van der Waals surface area contributed by atoms with Crippen LogP contribution in [0, 0.1) is 5.92 Å². The van der Waals surface area contributed by atoms with Gasteiger partial charge in [0.25, 0.3) is 0 Å². The molecule has 1 saturated carbocycles. The fraction of sp³-hybridized carbons (Fsp3) is 0.400. The standard InChI is InChI=1S/C15H17ClN2O/c1-19-12-5-4-10-6-7-17-15(13(10)8-12)18-9-14(16)11-2-3-11/h4-8,11,14H,2-3,9H2,1H3,(H,17,18). The van der Waals surface area contributed by atoms with E-state index in [1.54, 1.807) is 7.11 Å². The molecule has 1 N–H and O–H groups in total. The molecule has 3 rings (SSSR count). The van der Waals surface area contributed by atoms with Gasteiger partial charge in [0.1, 0.15) is 11.6 Å². The first-order valence-electron chi connectivity index (χ1n) is 6.58. The molecule has 2 aromatic rings. The maximum Gasteiger partial charge on any atom is 0.134 e. The summed E-state index contributed by atoms with van der Waals surface area (Å²) in [7, 11) is 1.67. The first-order valence-corrected chi connectivity index (χ1v) is 7.02. The van der Waals surface area contributed by atoms with Gasteiger partial charge in [0.05, 0.1) is 12.5 Å². The Balaban J connectivity index is 1.84. The van der Waals surface area contributed by atoms with E-state index in [-0.39, 0.29) is 5.38 Å². The van der Waals surface area contributed by atoms with Gasteiger partial charge >= 0.3 is 0 Å². The summed E-state index contributed by atoms with van der Waals surface area (Å²) < 4.78 is 5.27. The van der Waals surface area contributed by atoms with Gasteiger partial charge in [0, 0.05) is 18.1 Å². The van der Waals surface area contributed by atoms with Gasteiger partial charge in [-0.2, -0.15) is 0 Å². The van der Waals surface area contributed by atoms with Crippen LogP contribution < -0.4 is 10.1 Å². The van der Waals surface area contributed by atoms with Crippen LogP contribution in [0.2, 0.25) is 0 Å². The molecule has 0 spiro atoms. The number of halogens is 1. The molecule has 1 atom stereocenters. The highest BCUT2D eigenvalue weighted by molar-refractivity contribution is 6.21. The molecule has 19 heavy (non-hydrogen) atoms. The fourth-order valence-corrected chi connectivity index (χ4v) is 2.56. The van der Waals surface area contributed by atoms with Crippen LogP contribution in [-0.2, 0) is 0 Å². The lowest BCUT2D eigenvalue weighted by Gasteiger charge is -2.12. The predicted octanol–water partition coefficient (Wildman–Crippen LogP) is 3.67. The van der Waals surface area contributed by atoms with Gasteiger partial charge < -0.3 is 10.1 Å². The van der Waals surface area contributed by atoms with Crippen LogP contribution >= 0.6 is 11.6 Å². The molecule has 4 heteroatoms. The number of anilines is 1. The van der Waals surface area contributed by atoms with Crippen molar-refractivity contribution < 1.29 is 4.74 Å². The Kier molecular flexibility index (Phi) is 3.47. The van der Waals surface area contributed by atoms with Crippen molar-refractivity contribution in [2.75, 3.05) is 19.0 Å². The SMILES string of the molecule is COc1ccc2ccnc(NCC(Cl)C3CC3)c2c1. The van der Waals surface area contributed by atoms with Crippen molar-refractivity contribution in [1.29, 1.82) is 0 Å². The monoisotopic (exact) mass is 276 g/mol. The maximum atomic E-state index is 6.32. The zero-order valence-corrected chi connectivity index (χ0v) is 11.7. The Morgan fingerprint density at radius 1 is 1.42 bits per heavy atom. The number of methoxy groups -OCH3 is 1. The van der Waals surface area contributed by atoms with Crippen molar-refractivity contribution in [3.8, 4) is 5.75 Å². The summed E-state index contributed by atoms with van der Waals surface area (Å²) in [5.41, 5.74) is 0. The van der Waals surface area contributed by atoms with Crippen LogP contribution in [0.15, 0.2) is 30.5 Å². The molecule has 1 unspecified atom stereocenters. The number of nitrogens with zero attached hydrogens (tertiary/aromatic N) is 1. The largest absolute Gasteiger partial charge is 0.497 e. The van der Waals surface area contributed by atoms with E-state index in [0.717, 1.165) is 28.9 Å². The van der Waals surface area contributed by atoms with Gasteiger partial charge in [-0.25, -0.2) is 4.98 Å². The van der Waals surface area contributed by atoms with Crippen LogP contribution in [-0.4, -0.2) is 24.0 Å². The lowest BCUT2D eigenvalue weighted by atomic mass is 10.1. The molecule has 3 nitrogen and oxygen atoms in total. The summed E-state index contributed by atoms with van der Waals surface area (Å²) in [6.07, 6.45) is 4.33. The van der Waals surface area contributed by atoms with Crippen LogP contribution in [0.25, 0.3) is 10.8 Å². The summed E-state index contributed by atoms with van der Waals surface area (Å²) in [5.74, 6) is 2.40. The quantitative estimate of drug-likeness (QED) is 0.846. The number of hydrogen-bond donors (Lipinski definition) is 1. The normalized spacial score (nSPS) is 16.3. The third-order valence-electron chi connectivity index (χ3n) is 3.57. The molecule has 100 valence electrons. The Bertz CT molecular complexity index is 583. The molecule has 0 saturated heterocycles. The van der Waals surface area contributed by atoms with E-state index in [2.05, 4.69) is 10.3 Å². The fourth-order valence-electron chi connectivity index (χ4n) is 2.23. The molecule has 1 heterocycles. The van der Waals surface area contributed by atoms with E-state index in [1.807, 2.05) is 30.5 Å². The minimum Gasteiger partial charge on any atom is -0.497 e. The van der Waals surface area contributed by atoms with Crippen molar-refractivity contribution in [2.45, 2.75) is 18.2 Å². The molecule has 1 fully saturated rings. The lowest BCUT2D eigenvalue weighted by molar-refractivity contribution is 0.415. The smallest absolute Gasteiger partial charge is 0.134 e. The average molecular weight is 277 g/mol. The molecule has 1 aromatic heterocycles. The second kappa shape index (κ2) is 5.25. The van der Waals surface area contributed by atoms with Crippen molar-refractivity contribution in [3.05, 3.63) is 30.5 Å². The van der Waals surface area contributed by atoms with Crippen molar-refractivity contribution in [2.24, 2.45) is 5.92 Å². The number of nitrogens with one attached hydrogen (secondary N) is 1. The van der Waals surface area contributed by atoms with E-state index in [4.69, 9.17) is 16.3 Å². The van der Waals surface area contributed by atoms with Gasteiger partial charge in [-0.1, -0.05) is 6.07 Å². The predicted molar refractivity (Wildman–Crippen MR) is 79.1 cm³/mol. The number of pyridine rings is 1. The topological polar surface area (TPSA) is 34.1 Å². The summed E-state index contributed by atoms with van der Waals surface area (Å²) in [6, 6.07) is 8.00. The van der Waals surface area contributed by atoms with Gasteiger partial charge in [-0.15, -0.1) is 11.6 Å². The minimum absolute atomic E-state index is 0.197. The van der Waals surface area contributed by atoms with Crippen LogP contribution in [0.3, 0.4) is 0 Å². The Morgan fingerprint density at radius 2 is 2.26 bits per heavy atom. The summed E-state index contributed by atoms with van der Waals surface area (Å²) in [5, 5.41) is 5.78. The molecule has 0 amide bonds. The summed E-state index contributed by atoms with van der Waals surface area (Å²) in [6.45, 7) is 0.759.